The summed E-state index contributed by atoms with van der Waals surface area (Å²) in [5.74, 6) is -1.63. The highest BCUT2D eigenvalue weighted by Gasteiger charge is 2.19. The molecule has 0 aromatic heterocycles. The van der Waals surface area contributed by atoms with Crippen LogP contribution in [-0.4, -0.2) is 8.42 Å². The van der Waals surface area contributed by atoms with Crippen LogP contribution in [0.2, 0.25) is 0 Å². The van der Waals surface area contributed by atoms with Crippen LogP contribution in [0.1, 0.15) is 25.3 Å². The van der Waals surface area contributed by atoms with Gasteiger partial charge in [-0.1, -0.05) is 26.0 Å². The molecule has 0 unspecified atom stereocenters. The zero-order chi connectivity index (χ0) is 15.6. The van der Waals surface area contributed by atoms with Gasteiger partial charge in [-0.2, -0.15) is 0 Å². The predicted octanol–water partition coefficient (Wildman–Crippen LogP) is 3.89. The van der Waals surface area contributed by atoms with E-state index in [1.54, 1.807) is 24.3 Å². The van der Waals surface area contributed by atoms with Crippen LogP contribution in [0.15, 0.2) is 47.4 Å². The molecule has 2 aromatic carbocycles. The van der Waals surface area contributed by atoms with Crippen LogP contribution >= 0.6 is 0 Å². The Kier molecular flexibility index (Phi) is 4.27. The molecule has 0 amide bonds. The fourth-order valence-corrected chi connectivity index (χ4v) is 2.96. The van der Waals surface area contributed by atoms with Crippen molar-refractivity contribution in [2.45, 2.75) is 24.7 Å². The average molecular weight is 311 g/mol. The topological polar surface area (TPSA) is 46.2 Å². The summed E-state index contributed by atoms with van der Waals surface area (Å²) in [6, 6.07) is 9.14. The molecule has 112 valence electrons. The van der Waals surface area contributed by atoms with E-state index in [1.165, 1.54) is 0 Å². The molecule has 0 aliphatic rings. The number of benzene rings is 2. The highest BCUT2D eigenvalue weighted by Crippen LogP contribution is 2.21. The van der Waals surface area contributed by atoms with E-state index in [1.807, 2.05) is 13.8 Å². The monoisotopic (exact) mass is 311 g/mol. The third-order valence-corrected chi connectivity index (χ3v) is 4.43. The molecular weight excluding hydrogens is 296 g/mol. The first-order valence-corrected chi connectivity index (χ1v) is 7.86. The highest BCUT2D eigenvalue weighted by atomic mass is 32.2. The molecule has 21 heavy (non-hydrogen) atoms. The van der Waals surface area contributed by atoms with Gasteiger partial charge in [-0.15, -0.1) is 0 Å². The largest absolute Gasteiger partial charge is 0.280 e. The Bertz CT molecular complexity index is 741. The van der Waals surface area contributed by atoms with E-state index in [0.717, 1.165) is 17.7 Å². The van der Waals surface area contributed by atoms with Gasteiger partial charge in [0.2, 0.25) is 0 Å². The summed E-state index contributed by atoms with van der Waals surface area (Å²) in [4.78, 5) is -0.586. The molecule has 0 radical (unpaired) electrons. The van der Waals surface area contributed by atoms with Gasteiger partial charge in [0, 0.05) is 11.8 Å². The lowest BCUT2D eigenvalue weighted by molar-refractivity contribution is 0.551. The van der Waals surface area contributed by atoms with Crippen molar-refractivity contribution in [2.75, 3.05) is 4.72 Å². The van der Waals surface area contributed by atoms with Crippen molar-refractivity contribution in [1.29, 1.82) is 0 Å². The van der Waals surface area contributed by atoms with E-state index in [0.29, 0.717) is 17.7 Å². The molecule has 2 aromatic rings. The first-order chi connectivity index (χ1) is 9.79. The van der Waals surface area contributed by atoms with Crippen molar-refractivity contribution in [3.8, 4) is 0 Å². The number of anilines is 1. The quantitative estimate of drug-likeness (QED) is 0.931. The van der Waals surface area contributed by atoms with Crippen LogP contribution in [-0.2, 0) is 10.0 Å². The van der Waals surface area contributed by atoms with Crippen LogP contribution in [0.4, 0.5) is 14.5 Å². The summed E-state index contributed by atoms with van der Waals surface area (Å²) < 4.78 is 52.8. The van der Waals surface area contributed by atoms with Crippen molar-refractivity contribution < 1.29 is 17.2 Å². The molecule has 0 heterocycles. The summed E-state index contributed by atoms with van der Waals surface area (Å²) in [5.41, 5.74) is 1.38. The molecule has 0 fully saturated rings. The molecule has 0 spiro atoms. The van der Waals surface area contributed by atoms with Crippen LogP contribution in [0.3, 0.4) is 0 Å². The second kappa shape index (κ2) is 5.81. The Morgan fingerprint density at radius 2 is 1.62 bits per heavy atom. The van der Waals surface area contributed by atoms with E-state index in [4.69, 9.17) is 0 Å². The van der Waals surface area contributed by atoms with E-state index in [2.05, 4.69) is 4.72 Å². The minimum absolute atomic E-state index is 0.322. The lowest BCUT2D eigenvalue weighted by Crippen LogP contribution is -2.14. The van der Waals surface area contributed by atoms with Gasteiger partial charge in [-0.25, -0.2) is 17.2 Å². The third kappa shape index (κ3) is 3.58. The van der Waals surface area contributed by atoms with Crippen molar-refractivity contribution in [3.63, 3.8) is 0 Å². The van der Waals surface area contributed by atoms with Gasteiger partial charge >= 0.3 is 0 Å². The molecule has 3 nitrogen and oxygen atoms in total. The standard InChI is InChI=1S/C15H15F2NO2S/c1-10(2)11-3-6-13(7-4-11)18-21(19,20)15-8-5-12(16)9-14(15)17/h3-10,18H,1-2H3. The first-order valence-electron chi connectivity index (χ1n) is 6.37. The number of halogens is 2. The maximum atomic E-state index is 13.6. The van der Waals surface area contributed by atoms with E-state index >= 15 is 0 Å². The molecule has 0 aliphatic heterocycles. The van der Waals surface area contributed by atoms with Crippen LogP contribution in [0.25, 0.3) is 0 Å². The summed E-state index contributed by atoms with van der Waals surface area (Å²) in [6.45, 7) is 4.04. The Balaban J connectivity index is 2.28. The number of hydrogen-bond donors (Lipinski definition) is 1. The molecule has 0 bridgehead atoms. The molecule has 1 N–H and O–H groups in total. The molecular formula is C15H15F2NO2S. The Morgan fingerprint density at radius 3 is 2.14 bits per heavy atom. The van der Waals surface area contributed by atoms with Gasteiger partial charge in [-0.05, 0) is 35.7 Å². The molecule has 6 heteroatoms. The molecule has 0 saturated carbocycles. The minimum atomic E-state index is -4.09. The van der Waals surface area contributed by atoms with Crippen molar-refractivity contribution in [3.05, 3.63) is 59.7 Å². The fourth-order valence-electron chi connectivity index (χ4n) is 1.84. The van der Waals surface area contributed by atoms with Gasteiger partial charge in [0.05, 0.1) is 0 Å². The van der Waals surface area contributed by atoms with Gasteiger partial charge in [0.15, 0.2) is 0 Å². The second-order valence-corrected chi connectivity index (χ2v) is 6.61. The van der Waals surface area contributed by atoms with Crippen LogP contribution < -0.4 is 4.72 Å². The summed E-state index contributed by atoms with van der Waals surface area (Å²) in [6.07, 6.45) is 0. The Morgan fingerprint density at radius 1 is 1.00 bits per heavy atom. The maximum absolute atomic E-state index is 13.6. The molecule has 0 aliphatic carbocycles. The summed E-state index contributed by atoms with van der Waals surface area (Å²) in [7, 11) is -4.09. The molecule has 0 atom stereocenters. The molecule has 2 rings (SSSR count). The number of nitrogens with one attached hydrogen (secondary N) is 1. The zero-order valence-corrected chi connectivity index (χ0v) is 12.4. The van der Waals surface area contributed by atoms with Gasteiger partial charge in [-0.3, -0.25) is 4.72 Å². The van der Waals surface area contributed by atoms with Crippen molar-refractivity contribution in [1.82, 2.24) is 0 Å². The SMILES string of the molecule is CC(C)c1ccc(NS(=O)(=O)c2ccc(F)cc2F)cc1. The lowest BCUT2D eigenvalue weighted by atomic mass is 10.0. The van der Waals surface area contributed by atoms with Crippen LogP contribution in [0, 0.1) is 11.6 Å². The normalized spacial score (nSPS) is 11.7. The predicted molar refractivity (Wildman–Crippen MR) is 77.7 cm³/mol. The first kappa shape index (κ1) is 15.4. The van der Waals surface area contributed by atoms with Crippen molar-refractivity contribution in [2.24, 2.45) is 0 Å². The minimum Gasteiger partial charge on any atom is -0.280 e. The highest BCUT2D eigenvalue weighted by molar-refractivity contribution is 7.92. The summed E-state index contributed by atoms with van der Waals surface area (Å²) in [5, 5.41) is 0. The van der Waals surface area contributed by atoms with E-state index in [9.17, 15) is 17.2 Å². The van der Waals surface area contributed by atoms with Gasteiger partial charge in [0.25, 0.3) is 10.0 Å². The zero-order valence-electron chi connectivity index (χ0n) is 11.6. The number of hydrogen-bond acceptors (Lipinski definition) is 2. The van der Waals surface area contributed by atoms with E-state index in [-0.39, 0.29) is 0 Å². The fraction of sp³-hybridized carbons (Fsp3) is 0.200. The molecule has 0 saturated heterocycles. The number of rotatable bonds is 4. The van der Waals surface area contributed by atoms with Crippen molar-refractivity contribution >= 4 is 15.7 Å². The average Bonchev–Trinajstić information content (AvgIpc) is 2.38. The van der Waals surface area contributed by atoms with Crippen LogP contribution in [0.5, 0.6) is 0 Å². The van der Waals surface area contributed by atoms with Gasteiger partial charge in [0.1, 0.15) is 16.5 Å². The second-order valence-electron chi connectivity index (χ2n) is 4.96. The Labute approximate surface area is 122 Å². The smallest absolute Gasteiger partial charge is 0.264 e. The summed E-state index contributed by atoms with van der Waals surface area (Å²) >= 11 is 0. The third-order valence-electron chi connectivity index (χ3n) is 3.01. The van der Waals surface area contributed by atoms with E-state index < -0.39 is 26.6 Å². The van der Waals surface area contributed by atoms with Gasteiger partial charge < -0.3 is 0 Å². The lowest BCUT2D eigenvalue weighted by Gasteiger charge is -2.10. The maximum Gasteiger partial charge on any atom is 0.264 e. The Hall–Kier alpha value is -1.95. The number of sulfonamides is 1.